The number of hydrogen-bond acceptors (Lipinski definition) is 5. The number of methoxy groups -OCH3 is 1. The maximum Gasteiger partial charge on any atom is 0.295 e. The molecule has 1 N–H and O–H groups in total. The Hall–Kier alpha value is -4.06. The van der Waals surface area contributed by atoms with E-state index >= 15 is 0 Å². The van der Waals surface area contributed by atoms with Crippen molar-refractivity contribution in [3.8, 4) is 11.5 Å². The fourth-order valence-corrected chi connectivity index (χ4v) is 4.31. The van der Waals surface area contributed by atoms with Crippen LogP contribution in [0.2, 0.25) is 0 Å². The van der Waals surface area contributed by atoms with Gasteiger partial charge in [-0.2, -0.15) is 0 Å². The van der Waals surface area contributed by atoms with E-state index in [1.165, 1.54) is 4.90 Å². The molecule has 4 rings (SSSR count). The van der Waals surface area contributed by atoms with Crippen LogP contribution < -0.4 is 9.47 Å². The molecule has 0 aromatic heterocycles. The van der Waals surface area contributed by atoms with Gasteiger partial charge in [0, 0.05) is 12.1 Å². The van der Waals surface area contributed by atoms with Crippen LogP contribution in [-0.4, -0.2) is 35.4 Å². The van der Waals surface area contributed by atoms with Crippen molar-refractivity contribution >= 4 is 17.4 Å². The highest BCUT2D eigenvalue weighted by molar-refractivity contribution is 6.46. The molecule has 6 nitrogen and oxygen atoms in total. The van der Waals surface area contributed by atoms with Gasteiger partial charge < -0.3 is 19.5 Å². The summed E-state index contributed by atoms with van der Waals surface area (Å²) in [4.78, 5) is 28.1. The second kappa shape index (κ2) is 10.7. The lowest BCUT2D eigenvalue weighted by Crippen LogP contribution is -2.29. The number of carbonyl (C=O) groups is 2. The number of aryl methyl sites for hydroxylation is 1. The first-order valence-corrected chi connectivity index (χ1v) is 12.0. The van der Waals surface area contributed by atoms with Gasteiger partial charge in [0.05, 0.1) is 25.3 Å². The molecule has 3 aromatic carbocycles. The summed E-state index contributed by atoms with van der Waals surface area (Å²) in [6.45, 7) is 6.79. The minimum atomic E-state index is -0.729. The number of aliphatic hydroxyl groups excluding tert-OH is 1. The van der Waals surface area contributed by atoms with E-state index in [1.54, 1.807) is 31.4 Å². The molecule has 0 saturated carbocycles. The maximum absolute atomic E-state index is 13.3. The number of nitrogens with zero attached hydrogens (tertiary/aromatic N) is 1. The molecule has 0 radical (unpaired) electrons. The van der Waals surface area contributed by atoms with E-state index in [1.807, 2.05) is 55.5 Å². The molecule has 1 fully saturated rings. The number of hydrogen-bond donors (Lipinski definition) is 1. The molecule has 3 aromatic rings. The van der Waals surface area contributed by atoms with Crippen molar-refractivity contribution in [2.75, 3.05) is 13.7 Å². The summed E-state index contributed by atoms with van der Waals surface area (Å²) < 4.78 is 11.0. The molecule has 1 saturated heterocycles. The van der Waals surface area contributed by atoms with E-state index in [-0.39, 0.29) is 17.9 Å². The van der Waals surface area contributed by atoms with Gasteiger partial charge in [-0.15, -0.1) is 0 Å². The summed E-state index contributed by atoms with van der Waals surface area (Å²) >= 11 is 0. The second-order valence-electron chi connectivity index (χ2n) is 9.42. The van der Waals surface area contributed by atoms with Gasteiger partial charge in [0.1, 0.15) is 17.3 Å². The lowest BCUT2D eigenvalue weighted by molar-refractivity contribution is -0.140. The lowest BCUT2D eigenvalue weighted by atomic mass is 9.94. The Kier molecular flexibility index (Phi) is 7.44. The average Bonchev–Trinajstić information content (AvgIpc) is 3.12. The van der Waals surface area contributed by atoms with Gasteiger partial charge in [0.2, 0.25) is 0 Å². The highest BCUT2D eigenvalue weighted by Gasteiger charge is 2.46. The first-order valence-electron chi connectivity index (χ1n) is 12.0. The number of aliphatic hydroxyl groups is 1. The van der Waals surface area contributed by atoms with Gasteiger partial charge in [-0.1, -0.05) is 67.9 Å². The smallest absolute Gasteiger partial charge is 0.295 e. The van der Waals surface area contributed by atoms with Crippen molar-refractivity contribution in [1.29, 1.82) is 0 Å². The monoisotopic (exact) mass is 485 g/mol. The molecule has 0 bridgehead atoms. The van der Waals surface area contributed by atoms with Crippen molar-refractivity contribution < 1.29 is 24.2 Å². The van der Waals surface area contributed by atoms with Crippen LogP contribution in [0, 0.1) is 12.8 Å². The van der Waals surface area contributed by atoms with E-state index < -0.39 is 17.7 Å². The van der Waals surface area contributed by atoms with Crippen LogP contribution in [0.15, 0.2) is 78.4 Å². The van der Waals surface area contributed by atoms with Crippen molar-refractivity contribution in [2.45, 2.75) is 33.4 Å². The highest BCUT2D eigenvalue weighted by atomic mass is 16.5. The van der Waals surface area contributed by atoms with Gasteiger partial charge in [0.15, 0.2) is 0 Å². The molecule has 1 unspecified atom stereocenters. The van der Waals surface area contributed by atoms with Crippen molar-refractivity contribution in [1.82, 2.24) is 4.90 Å². The summed E-state index contributed by atoms with van der Waals surface area (Å²) in [7, 11) is 1.59. The Morgan fingerprint density at radius 3 is 2.36 bits per heavy atom. The van der Waals surface area contributed by atoms with Crippen LogP contribution in [-0.2, 0) is 16.1 Å². The van der Waals surface area contributed by atoms with Crippen molar-refractivity contribution in [2.24, 2.45) is 5.92 Å². The van der Waals surface area contributed by atoms with E-state index in [9.17, 15) is 14.7 Å². The second-order valence-corrected chi connectivity index (χ2v) is 9.42. The molecule has 1 atom stereocenters. The third kappa shape index (κ3) is 5.28. The van der Waals surface area contributed by atoms with Crippen LogP contribution in [0.5, 0.6) is 11.5 Å². The highest BCUT2D eigenvalue weighted by Crippen LogP contribution is 2.41. The molecule has 1 amide bonds. The number of Topliss-reactive ketones (excluding diaryl/α,β-unsaturated/α-hetero) is 1. The first-order chi connectivity index (χ1) is 17.3. The van der Waals surface area contributed by atoms with Crippen LogP contribution in [0.4, 0.5) is 0 Å². The van der Waals surface area contributed by atoms with E-state index in [2.05, 4.69) is 13.8 Å². The topological polar surface area (TPSA) is 76.1 Å². The number of ether oxygens (including phenoxy) is 2. The lowest BCUT2D eigenvalue weighted by Gasteiger charge is -2.26. The predicted molar refractivity (Wildman–Crippen MR) is 139 cm³/mol. The maximum atomic E-state index is 13.3. The minimum absolute atomic E-state index is 0.0696. The van der Waals surface area contributed by atoms with Gasteiger partial charge in [0.25, 0.3) is 11.7 Å². The summed E-state index contributed by atoms with van der Waals surface area (Å²) in [6, 6.07) is 21.3. The summed E-state index contributed by atoms with van der Waals surface area (Å²) in [5.41, 5.74) is 3.10. The third-order valence-electron chi connectivity index (χ3n) is 6.10. The fourth-order valence-electron chi connectivity index (χ4n) is 4.31. The standard InChI is InChI=1S/C30H31NO5/c1-19(2)18-36-25-10-6-9-23(16-25)28(32)26-27(22-8-5-7-20(3)15-22)31(30(34)29(26)33)17-21-11-13-24(35-4)14-12-21/h5-16,19,27,32H,17-18H2,1-4H3/b28-26-. The zero-order valence-corrected chi connectivity index (χ0v) is 21.0. The zero-order chi connectivity index (χ0) is 25.8. The Morgan fingerprint density at radius 1 is 0.972 bits per heavy atom. The molecule has 0 spiro atoms. The molecule has 1 aliphatic rings. The quantitative estimate of drug-likeness (QED) is 0.253. The summed E-state index contributed by atoms with van der Waals surface area (Å²) in [6.07, 6.45) is 0. The van der Waals surface area contributed by atoms with Gasteiger partial charge in [-0.25, -0.2) is 0 Å². The van der Waals surface area contributed by atoms with Crippen LogP contribution in [0.3, 0.4) is 0 Å². The Balaban J connectivity index is 1.78. The predicted octanol–water partition coefficient (Wildman–Crippen LogP) is 5.66. The normalized spacial score (nSPS) is 17.0. The van der Waals surface area contributed by atoms with E-state index in [0.717, 1.165) is 16.7 Å². The molecular weight excluding hydrogens is 454 g/mol. The summed E-state index contributed by atoms with van der Waals surface area (Å²) in [5, 5.41) is 11.4. The van der Waals surface area contributed by atoms with Gasteiger partial charge >= 0.3 is 0 Å². The average molecular weight is 486 g/mol. The Bertz CT molecular complexity index is 1290. The molecule has 1 heterocycles. The SMILES string of the molecule is COc1ccc(CN2C(=O)C(=O)/C(=C(\O)c3cccc(OCC(C)C)c3)C2c2cccc(C)c2)cc1. The first kappa shape index (κ1) is 25.0. The Labute approximate surface area is 211 Å². The number of carbonyl (C=O) groups excluding carboxylic acids is 2. The van der Waals surface area contributed by atoms with Crippen LogP contribution in [0.25, 0.3) is 5.76 Å². The molecule has 36 heavy (non-hydrogen) atoms. The molecule has 6 heteroatoms. The molecular formula is C30H31NO5. The van der Waals surface area contributed by atoms with Gasteiger partial charge in [-0.05, 0) is 48.2 Å². The zero-order valence-electron chi connectivity index (χ0n) is 21.0. The van der Waals surface area contributed by atoms with Crippen molar-refractivity contribution in [3.05, 3.63) is 101 Å². The number of ketones is 1. The molecule has 186 valence electrons. The summed E-state index contributed by atoms with van der Waals surface area (Å²) in [5.74, 6) is 0.0639. The van der Waals surface area contributed by atoms with E-state index in [4.69, 9.17) is 9.47 Å². The number of benzene rings is 3. The minimum Gasteiger partial charge on any atom is -0.507 e. The number of likely N-dealkylation sites (tertiary alicyclic amines) is 1. The third-order valence-corrected chi connectivity index (χ3v) is 6.10. The van der Waals surface area contributed by atoms with Crippen molar-refractivity contribution in [3.63, 3.8) is 0 Å². The fraction of sp³-hybridized carbons (Fsp3) is 0.267. The number of amides is 1. The molecule has 0 aliphatic carbocycles. The number of rotatable bonds is 8. The van der Waals surface area contributed by atoms with Gasteiger partial charge in [-0.3, -0.25) is 9.59 Å². The van der Waals surface area contributed by atoms with Crippen LogP contribution in [0.1, 0.15) is 42.1 Å². The largest absolute Gasteiger partial charge is 0.507 e. The van der Waals surface area contributed by atoms with E-state index in [0.29, 0.717) is 29.6 Å². The Morgan fingerprint density at radius 2 is 1.69 bits per heavy atom. The van der Waals surface area contributed by atoms with Crippen LogP contribution >= 0.6 is 0 Å². The molecule has 1 aliphatic heterocycles.